The van der Waals surface area contributed by atoms with Gasteiger partial charge in [0.25, 0.3) is 0 Å². The summed E-state index contributed by atoms with van der Waals surface area (Å²) >= 11 is 0. The number of benzene rings is 1. The second-order valence-electron chi connectivity index (χ2n) is 3.07. The summed E-state index contributed by atoms with van der Waals surface area (Å²) in [6.07, 6.45) is 1.14. The molecular weight excluding hydrogens is 209 g/mol. The zero-order chi connectivity index (χ0) is 9.68. The molecule has 1 aliphatic heterocycles. The van der Waals surface area contributed by atoms with Crippen LogP contribution in [0.15, 0.2) is 18.2 Å². The molecular formula is C12H18NV-. The van der Waals surface area contributed by atoms with Gasteiger partial charge in [-0.2, -0.15) is 0 Å². The summed E-state index contributed by atoms with van der Waals surface area (Å²) in [5.41, 5.74) is 4.39. The van der Waals surface area contributed by atoms with Crippen molar-refractivity contribution in [1.29, 1.82) is 0 Å². The van der Waals surface area contributed by atoms with Gasteiger partial charge in [-0.3, -0.25) is 0 Å². The average molecular weight is 227 g/mol. The maximum atomic E-state index is 4.36. The third kappa shape index (κ3) is 3.16. The smallest absolute Gasteiger partial charge is 0 e. The van der Waals surface area contributed by atoms with E-state index in [2.05, 4.69) is 30.4 Å². The largest absolute Gasteiger partial charge is 0.658 e. The standard InChI is InChI=1S/C10H12N.C2H6.V/c1-8-3-2-4-9-7-11-6-5-10(8)9;1-2;/h2-4H,5-7H2,1H3;1-2H3;/q-1;;. The predicted molar refractivity (Wildman–Crippen MR) is 58.2 cm³/mol. The van der Waals surface area contributed by atoms with Crippen LogP contribution in [0.3, 0.4) is 0 Å². The third-order valence-electron chi connectivity index (χ3n) is 2.31. The van der Waals surface area contributed by atoms with Crippen LogP contribution in [0.2, 0.25) is 0 Å². The summed E-state index contributed by atoms with van der Waals surface area (Å²) in [6, 6.07) is 6.49. The van der Waals surface area contributed by atoms with E-state index in [-0.39, 0.29) is 18.6 Å². The van der Waals surface area contributed by atoms with E-state index in [1.165, 1.54) is 16.7 Å². The van der Waals surface area contributed by atoms with Gasteiger partial charge in [0.05, 0.1) is 0 Å². The van der Waals surface area contributed by atoms with Gasteiger partial charge in [0, 0.05) is 18.6 Å². The van der Waals surface area contributed by atoms with Crippen molar-refractivity contribution in [2.24, 2.45) is 0 Å². The van der Waals surface area contributed by atoms with Gasteiger partial charge >= 0.3 is 0 Å². The van der Waals surface area contributed by atoms with Gasteiger partial charge in [-0.15, -0.1) is 13.1 Å². The van der Waals surface area contributed by atoms with Crippen LogP contribution in [0.4, 0.5) is 0 Å². The minimum absolute atomic E-state index is 0. The molecule has 1 aromatic rings. The monoisotopic (exact) mass is 227 g/mol. The van der Waals surface area contributed by atoms with Crippen molar-refractivity contribution in [2.45, 2.75) is 33.7 Å². The van der Waals surface area contributed by atoms with Crippen molar-refractivity contribution in [3.8, 4) is 0 Å². The van der Waals surface area contributed by atoms with E-state index >= 15 is 0 Å². The Hall–Kier alpha value is -0.236. The average Bonchev–Trinajstić information content (AvgIpc) is 2.22. The van der Waals surface area contributed by atoms with Crippen LogP contribution in [0.25, 0.3) is 5.32 Å². The van der Waals surface area contributed by atoms with Crippen molar-refractivity contribution in [1.82, 2.24) is 0 Å². The van der Waals surface area contributed by atoms with Gasteiger partial charge in [-0.05, 0) is 24.5 Å². The maximum absolute atomic E-state index is 4.36. The van der Waals surface area contributed by atoms with Gasteiger partial charge in [-0.25, -0.2) is 0 Å². The van der Waals surface area contributed by atoms with Crippen LogP contribution < -0.4 is 0 Å². The van der Waals surface area contributed by atoms with Crippen molar-refractivity contribution in [3.63, 3.8) is 0 Å². The Morgan fingerprint density at radius 1 is 1.21 bits per heavy atom. The van der Waals surface area contributed by atoms with Gasteiger partial charge in [-0.1, -0.05) is 37.6 Å². The van der Waals surface area contributed by atoms with E-state index in [0.29, 0.717) is 0 Å². The fourth-order valence-corrected chi connectivity index (χ4v) is 1.66. The molecule has 2 heteroatoms. The summed E-state index contributed by atoms with van der Waals surface area (Å²) in [4.78, 5) is 0. The Morgan fingerprint density at radius 3 is 2.57 bits per heavy atom. The van der Waals surface area contributed by atoms with Gasteiger partial charge in [0.2, 0.25) is 0 Å². The van der Waals surface area contributed by atoms with Crippen LogP contribution in [0.1, 0.15) is 30.5 Å². The topological polar surface area (TPSA) is 14.1 Å². The molecule has 77 valence electrons. The van der Waals surface area contributed by atoms with Crippen molar-refractivity contribution in [3.05, 3.63) is 40.2 Å². The van der Waals surface area contributed by atoms with E-state index in [1.807, 2.05) is 13.8 Å². The number of hydrogen-bond donors (Lipinski definition) is 0. The van der Waals surface area contributed by atoms with Crippen LogP contribution in [-0.4, -0.2) is 6.54 Å². The Balaban J connectivity index is 0.000000531. The predicted octanol–water partition coefficient (Wildman–Crippen LogP) is 3.45. The molecule has 1 aliphatic rings. The van der Waals surface area contributed by atoms with E-state index in [0.717, 1.165) is 19.5 Å². The summed E-state index contributed by atoms with van der Waals surface area (Å²) in [5.74, 6) is 0. The van der Waals surface area contributed by atoms with Crippen LogP contribution in [0.5, 0.6) is 0 Å². The first-order valence-electron chi connectivity index (χ1n) is 5.08. The Kier molecular flexibility index (Phi) is 6.99. The van der Waals surface area contributed by atoms with Gasteiger partial charge < -0.3 is 5.32 Å². The molecule has 2 rings (SSSR count). The molecule has 0 aromatic heterocycles. The first kappa shape index (κ1) is 13.8. The normalized spacial score (nSPS) is 13.1. The Bertz CT molecular complexity index is 271. The molecule has 0 saturated carbocycles. The van der Waals surface area contributed by atoms with Gasteiger partial charge in [0.15, 0.2) is 0 Å². The molecule has 1 nitrogen and oxygen atoms in total. The molecule has 1 heterocycles. The molecule has 1 aromatic carbocycles. The number of fused-ring (bicyclic) bond motifs is 1. The van der Waals surface area contributed by atoms with Crippen molar-refractivity contribution >= 4 is 0 Å². The maximum Gasteiger partial charge on any atom is 0 e. The molecule has 0 spiro atoms. The van der Waals surface area contributed by atoms with Crippen LogP contribution in [0, 0.1) is 6.92 Å². The quantitative estimate of drug-likeness (QED) is 0.644. The first-order valence-corrected chi connectivity index (χ1v) is 5.08. The molecule has 0 N–H and O–H groups in total. The number of rotatable bonds is 0. The van der Waals surface area contributed by atoms with Crippen LogP contribution in [-0.2, 0) is 31.5 Å². The van der Waals surface area contributed by atoms with Gasteiger partial charge in [0.1, 0.15) is 0 Å². The zero-order valence-corrected chi connectivity index (χ0v) is 10.6. The summed E-state index contributed by atoms with van der Waals surface area (Å²) in [7, 11) is 0. The summed E-state index contributed by atoms with van der Waals surface area (Å²) in [5, 5.41) is 4.36. The number of nitrogens with zero attached hydrogens (tertiary/aromatic N) is 1. The molecule has 0 amide bonds. The minimum Gasteiger partial charge on any atom is -0.658 e. The van der Waals surface area contributed by atoms with Crippen molar-refractivity contribution in [2.75, 3.05) is 6.54 Å². The molecule has 0 saturated heterocycles. The molecule has 0 unspecified atom stereocenters. The first-order chi connectivity index (χ1) is 6.38. The molecule has 0 bridgehead atoms. The molecule has 0 atom stereocenters. The molecule has 14 heavy (non-hydrogen) atoms. The number of aryl methyl sites for hydroxylation is 1. The third-order valence-corrected chi connectivity index (χ3v) is 2.31. The van der Waals surface area contributed by atoms with E-state index < -0.39 is 0 Å². The summed E-state index contributed by atoms with van der Waals surface area (Å²) < 4.78 is 0. The van der Waals surface area contributed by atoms with Crippen molar-refractivity contribution < 1.29 is 18.6 Å². The van der Waals surface area contributed by atoms with E-state index in [9.17, 15) is 0 Å². The Morgan fingerprint density at radius 2 is 1.93 bits per heavy atom. The fraction of sp³-hybridized carbons (Fsp3) is 0.500. The molecule has 0 fully saturated rings. The number of hydrogen-bond acceptors (Lipinski definition) is 0. The minimum atomic E-state index is 0. The van der Waals surface area contributed by atoms with E-state index in [4.69, 9.17) is 0 Å². The second kappa shape index (κ2) is 7.11. The second-order valence-corrected chi connectivity index (χ2v) is 3.07. The molecule has 1 radical (unpaired) electrons. The van der Waals surface area contributed by atoms with Crippen LogP contribution >= 0.6 is 0 Å². The zero-order valence-electron chi connectivity index (χ0n) is 9.25. The summed E-state index contributed by atoms with van der Waals surface area (Å²) in [6.45, 7) is 8.12. The van der Waals surface area contributed by atoms with E-state index in [1.54, 1.807) is 0 Å². The fourth-order valence-electron chi connectivity index (χ4n) is 1.66. The molecule has 0 aliphatic carbocycles. The Labute approximate surface area is 99.2 Å². The SMILES string of the molecule is CC.Cc1cccc2c1CC[N-]C2.[V].